The van der Waals surface area contributed by atoms with E-state index in [4.69, 9.17) is 9.47 Å². The van der Waals surface area contributed by atoms with E-state index in [2.05, 4.69) is 0 Å². The molecule has 2 aromatic rings. The van der Waals surface area contributed by atoms with E-state index in [-0.39, 0.29) is 22.5 Å². The van der Waals surface area contributed by atoms with Crippen LogP contribution in [0.2, 0.25) is 0 Å². The average Bonchev–Trinajstić information content (AvgIpc) is 2.83. The van der Waals surface area contributed by atoms with Crippen LogP contribution >= 0.6 is 0 Å². The van der Waals surface area contributed by atoms with Crippen LogP contribution in [-0.4, -0.2) is 71.0 Å². The molecular formula is C24H27F3N2O5S. The van der Waals surface area contributed by atoms with E-state index < -0.39 is 21.6 Å². The number of benzene rings is 2. The molecule has 4 rings (SSSR count). The number of ether oxygens (including phenoxy) is 2. The quantitative estimate of drug-likeness (QED) is 0.609. The molecule has 0 radical (unpaired) electrons. The zero-order valence-electron chi connectivity index (χ0n) is 19.3. The van der Waals surface area contributed by atoms with Gasteiger partial charge in [-0.15, -0.1) is 0 Å². The van der Waals surface area contributed by atoms with Crippen molar-refractivity contribution in [2.45, 2.75) is 30.0 Å². The summed E-state index contributed by atoms with van der Waals surface area (Å²) in [6, 6.07) is 9.26. The number of nitrogens with zero attached hydrogens (tertiary/aromatic N) is 2. The molecule has 11 heteroatoms. The zero-order chi connectivity index (χ0) is 25.2. The van der Waals surface area contributed by atoms with Crippen molar-refractivity contribution in [3.63, 3.8) is 0 Å². The third kappa shape index (κ3) is 6.07. The van der Waals surface area contributed by atoms with Crippen LogP contribution in [0.3, 0.4) is 0 Å². The van der Waals surface area contributed by atoms with E-state index >= 15 is 0 Å². The third-order valence-electron chi connectivity index (χ3n) is 6.20. The lowest BCUT2D eigenvalue weighted by Crippen LogP contribution is -2.49. The highest BCUT2D eigenvalue weighted by molar-refractivity contribution is 7.90. The molecule has 0 spiro atoms. The van der Waals surface area contributed by atoms with Crippen molar-refractivity contribution in [3.8, 4) is 5.75 Å². The fraction of sp³-hybridized carbons (Fsp3) is 0.458. The maximum atomic E-state index is 13.4. The number of anilines is 1. The summed E-state index contributed by atoms with van der Waals surface area (Å²) >= 11 is 0. The minimum absolute atomic E-state index is 0.0311. The highest BCUT2D eigenvalue weighted by Crippen LogP contribution is 2.31. The number of hydrogen-bond donors (Lipinski definition) is 0. The first-order valence-electron chi connectivity index (χ1n) is 11.3. The Balaban J connectivity index is 1.49. The second kappa shape index (κ2) is 10.1. The molecule has 7 nitrogen and oxygen atoms in total. The number of halogens is 3. The number of sulfone groups is 1. The normalized spacial score (nSPS) is 17.9. The monoisotopic (exact) mass is 512 g/mol. The first-order valence-corrected chi connectivity index (χ1v) is 13.2. The van der Waals surface area contributed by atoms with Gasteiger partial charge in [-0.3, -0.25) is 4.79 Å². The van der Waals surface area contributed by atoms with Gasteiger partial charge in [0.1, 0.15) is 11.9 Å². The largest absolute Gasteiger partial charge is 0.489 e. The summed E-state index contributed by atoms with van der Waals surface area (Å²) in [7, 11) is -3.53. The van der Waals surface area contributed by atoms with Crippen molar-refractivity contribution >= 4 is 21.4 Å². The Labute approximate surface area is 202 Å². The van der Waals surface area contributed by atoms with Crippen LogP contribution in [0.15, 0.2) is 47.4 Å². The average molecular weight is 513 g/mol. The number of carbonyl (C=O) groups is 1. The van der Waals surface area contributed by atoms with Gasteiger partial charge in [-0.05, 0) is 42.5 Å². The molecule has 1 amide bonds. The van der Waals surface area contributed by atoms with Crippen LogP contribution in [0.4, 0.5) is 18.9 Å². The minimum Gasteiger partial charge on any atom is -0.489 e. The van der Waals surface area contributed by atoms with Gasteiger partial charge in [0.25, 0.3) is 5.91 Å². The first kappa shape index (κ1) is 25.3. The molecule has 2 heterocycles. The lowest BCUT2D eigenvalue weighted by atomic mass is 10.1. The summed E-state index contributed by atoms with van der Waals surface area (Å²) in [6.45, 7) is 2.64. The summed E-state index contributed by atoms with van der Waals surface area (Å²) < 4.78 is 74.1. The first-order chi connectivity index (χ1) is 16.5. The molecule has 2 aliphatic rings. The summed E-state index contributed by atoms with van der Waals surface area (Å²) in [5, 5.41) is 0. The molecule has 35 heavy (non-hydrogen) atoms. The van der Waals surface area contributed by atoms with Gasteiger partial charge in [0.15, 0.2) is 9.84 Å². The molecule has 0 saturated carbocycles. The molecule has 0 aliphatic carbocycles. The standard InChI is InChI=1S/C24H27F3N2O5S/c1-35(31,32)20-6-7-22(34-19-8-14-33-15-9-19)21(16-20)23(30)29-12-10-28(11-13-29)18-4-2-17(3-5-18)24(25,26)27/h2-7,16,19H,8-15H2,1H3. The maximum Gasteiger partial charge on any atom is 0.416 e. The predicted octanol–water partition coefficient (Wildman–Crippen LogP) is 3.63. The van der Waals surface area contributed by atoms with Gasteiger partial charge < -0.3 is 19.3 Å². The van der Waals surface area contributed by atoms with Gasteiger partial charge >= 0.3 is 6.18 Å². The number of rotatable bonds is 5. The Morgan fingerprint density at radius 2 is 1.63 bits per heavy atom. The molecule has 2 fully saturated rings. The topological polar surface area (TPSA) is 76.2 Å². The number of hydrogen-bond acceptors (Lipinski definition) is 6. The van der Waals surface area contributed by atoms with E-state index in [1.807, 2.05) is 4.90 Å². The van der Waals surface area contributed by atoms with Crippen molar-refractivity contribution in [1.29, 1.82) is 0 Å². The number of piperazine rings is 1. The van der Waals surface area contributed by atoms with E-state index in [9.17, 15) is 26.4 Å². The Morgan fingerprint density at radius 3 is 2.20 bits per heavy atom. The lowest BCUT2D eigenvalue weighted by molar-refractivity contribution is -0.137. The van der Waals surface area contributed by atoms with Gasteiger partial charge in [-0.2, -0.15) is 13.2 Å². The van der Waals surface area contributed by atoms with E-state index in [0.29, 0.717) is 63.7 Å². The van der Waals surface area contributed by atoms with E-state index in [0.717, 1.165) is 18.4 Å². The molecule has 0 N–H and O–H groups in total. The van der Waals surface area contributed by atoms with Crippen LogP contribution in [0.25, 0.3) is 0 Å². The van der Waals surface area contributed by atoms with Crippen molar-refractivity contribution < 1.29 is 35.9 Å². The van der Waals surface area contributed by atoms with Crippen molar-refractivity contribution in [3.05, 3.63) is 53.6 Å². The smallest absolute Gasteiger partial charge is 0.416 e. The molecule has 2 aromatic carbocycles. The van der Waals surface area contributed by atoms with E-state index in [1.165, 1.54) is 30.3 Å². The third-order valence-corrected chi connectivity index (χ3v) is 7.31. The summed E-state index contributed by atoms with van der Waals surface area (Å²) in [5.41, 5.74) is 0.119. The minimum atomic E-state index is -4.39. The summed E-state index contributed by atoms with van der Waals surface area (Å²) in [6.07, 6.45) is -2.09. The van der Waals surface area contributed by atoms with Crippen LogP contribution in [0.1, 0.15) is 28.8 Å². The Morgan fingerprint density at radius 1 is 1.00 bits per heavy atom. The predicted molar refractivity (Wildman–Crippen MR) is 124 cm³/mol. The van der Waals surface area contributed by atoms with Crippen molar-refractivity contribution in [2.24, 2.45) is 0 Å². The van der Waals surface area contributed by atoms with Gasteiger partial charge in [-0.1, -0.05) is 0 Å². The Kier molecular flexibility index (Phi) is 7.27. The highest BCUT2D eigenvalue weighted by Gasteiger charge is 2.31. The van der Waals surface area contributed by atoms with Gasteiger partial charge in [0, 0.05) is 51.0 Å². The molecule has 0 bridgehead atoms. The maximum absolute atomic E-state index is 13.4. The van der Waals surface area contributed by atoms with Gasteiger partial charge in [0.05, 0.1) is 29.2 Å². The number of carbonyl (C=O) groups excluding carboxylic acids is 1. The summed E-state index contributed by atoms with van der Waals surface area (Å²) in [4.78, 5) is 17.0. The van der Waals surface area contributed by atoms with Crippen LogP contribution in [0.5, 0.6) is 5.75 Å². The lowest BCUT2D eigenvalue weighted by Gasteiger charge is -2.36. The van der Waals surface area contributed by atoms with E-state index in [1.54, 1.807) is 4.90 Å². The van der Waals surface area contributed by atoms with Crippen LogP contribution in [-0.2, 0) is 20.8 Å². The van der Waals surface area contributed by atoms with Crippen molar-refractivity contribution in [1.82, 2.24) is 4.90 Å². The Hall–Kier alpha value is -2.79. The molecule has 2 saturated heterocycles. The van der Waals surface area contributed by atoms with Crippen LogP contribution < -0.4 is 9.64 Å². The Bertz CT molecular complexity index is 1150. The molecule has 0 aromatic heterocycles. The van der Waals surface area contributed by atoms with Gasteiger partial charge in [0.2, 0.25) is 0 Å². The number of alkyl halides is 3. The summed E-state index contributed by atoms with van der Waals surface area (Å²) in [5.74, 6) is -0.0101. The number of amides is 1. The fourth-order valence-corrected chi connectivity index (χ4v) is 4.83. The second-order valence-corrected chi connectivity index (χ2v) is 10.7. The molecular weight excluding hydrogens is 485 g/mol. The molecule has 0 atom stereocenters. The van der Waals surface area contributed by atoms with Crippen LogP contribution in [0, 0.1) is 0 Å². The molecule has 0 unspecified atom stereocenters. The fourth-order valence-electron chi connectivity index (χ4n) is 4.18. The second-order valence-electron chi connectivity index (χ2n) is 8.68. The molecule has 2 aliphatic heterocycles. The highest BCUT2D eigenvalue weighted by atomic mass is 32.2. The molecule has 190 valence electrons. The SMILES string of the molecule is CS(=O)(=O)c1ccc(OC2CCOCC2)c(C(=O)N2CCN(c3ccc(C(F)(F)F)cc3)CC2)c1. The zero-order valence-corrected chi connectivity index (χ0v) is 20.1. The van der Waals surface area contributed by atoms with Gasteiger partial charge in [-0.25, -0.2) is 8.42 Å². The van der Waals surface area contributed by atoms with Crippen molar-refractivity contribution in [2.75, 3.05) is 50.5 Å².